The summed E-state index contributed by atoms with van der Waals surface area (Å²) in [6, 6.07) is 0. The van der Waals surface area contributed by atoms with Crippen molar-refractivity contribution in [1.29, 1.82) is 0 Å². The van der Waals surface area contributed by atoms with E-state index in [1.54, 1.807) is 0 Å². The highest BCUT2D eigenvalue weighted by Gasteiger charge is 2.49. The Balaban J connectivity index is 2.61. The topological polar surface area (TPSA) is 46.5 Å². The summed E-state index contributed by atoms with van der Waals surface area (Å²) in [4.78, 5) is 11.1. The molecule has 0 amide bonds. The summed E-state index contributed by atoms with van der Waals surface area (Å²) >= 11 is 0. The largest absolute Gasteiger partial charge is 0.461 e. The molecule has 0 aromatic carbocycles. The van der Waals surface area contributed by atoms with E-state index < -0.39 is 6.10 Å². The van der Waals surface area contributed by atoms with Crippen LogP contribution in [0.1, 0.15) is 27.7 Å². The van der Waals surface area contributed by atoms with Gasteiger partial charge in [0.15, 0.2) is 0 Å². The number of carbonyl (C=O) groups is 1. The van der Waals surface area contributed by atoms with Crippen molar-refractivity contribution < 1.29 is 14.6 Å². The number of ether oxygens (including phenoxy) is 1. The molecule has 0 saturated carbocycles. The van der Waals surface area contributed by atoms with E-state index in [9.17, 15) is 9.90 Å². The summed E-state index contributed by atoms with van der Waals surface area (Å²) in [5.74, 6) is -0.157. The quantitative estimate of drug-likeness (QED) is 0.674. The van der Waals surface area contributed by atoms with Gasteiger partial charge in [-0.05, 0) is 11.8 Å². The molecular weight excluding hydrogens is 168 g/mol. The van der Waals surface area contributed by atoms with Crippen molar-refractivity contribution in [3.8, 4) is 0 Å². The van der Waals surface area contributed by atoms with Crippen LogP contribution in [0.3, 0.4) is 0 Å². The van der Waals surface area contributed by atoms with E-state index in [2.05, 4.69) is 0 Å². The van der Waals surface area contributed by atoms with Gasteiger partial charge in [0.25, 0.3) is 0 Å². The van der Waals surface area contributed by atoms with Gasteiger partial charge in [-0.15, -0.1) is 0 Å². The van der Waals surface area contributed by atoms with Crippen molar-refractivity contribution in [3.63, 3.8) is 0 Å². The average molecular weight is 186 g/mol. The van der Waals surface area contributed by atoms with Crippen LogP contribution in [-0.4, -0.2) is 23.3 Å². The molecule has 1 rings (SSSR count). The summed E-state index contributed by atoms with van der Waals surface area (Å²) in [6.45, 7) is 7.82. The molecule has 1 N–H and O–H groups in total. The van der Waals surface area contributed by atoms with Crippen LogP contribution in [0.5, 0.6) is 0 Å². The highest BCUT2D eigenvalue weighted by Crippen LogP contribution is 2.33. The molecule has 13 heavy (non-hydrogen) atoms. The number of esters is 1. The molecule has 1 heterocycles. The Morgan fingerprint density at radius 3 is 2.15 bits per heavy atom. The molecule has 0 bridgehead atoms. The van der Waals surface area contributed by atoms with Gasteiger partial charge in [-0.2, -0.15) is 0 Å². The fourth-order valence-corrected chi connectivity index (χ4v) is 1.65. The molecule has 1 aliphatic rings. The maximum atomic E-state index is 11.1. The fraction of sp³-hybridized carbons (Fsp3) is 0.900. The van der Waals surface area contributed by atoms with E-state index in [4.69, 9.17) is 4.74 Å². The first-order chi connectivity index (χ1) is 5.95. The maximum Gasteiger partial charge on any atom is 0.315 e. The van der Waals surface area contributed by atoms with Crippen molar-refractivity contribution in [2.75, 3.05) is 0 Å². The number of aliphatic hydroxyl groups is 1. The molecule has 0 radical (unpaired) electrons. The third kappa shape index (κ3) is 1.85. The molecule has 1 aliphatic heterocycles. The van der Waals surface area contributed by atoms with Crippen LogP contribution < -0.4 is 0 Å². The molecule has 3 heteroatoms. The maximum absolute atomic E-state index is 11.1. The Hall–Kier alpha value is -0.570. The Labute approximate surface area is 79.1 Å². The van der Waals surface area contributed by atoms with Crippen LogP contribution in [0.2, 0.25) is 0 Å². The molecule has 3 atom stereocenters. The van der Waals surface area contributed by atoms with Gasteiger partial charge >= 0.3 is 5.97 Å². The van der Waals surface area contributed by atoms with E-state index in [0.29, 0.717) is 0 Å². The zero-order valence-electron chi connectivity index (χ0n) is 8.65. The first-order valence-corrected chi connectivity index (χ1v) is 4.83. The lowest BCUT2D eigenvalue weighted by Crippen LogP contribution is -2.55. The van der Waals surface area contributed by atoms with Crippen molar-refractivity contribution in [1.82, 2.24) is 0 Å². The number of cyclic esters (lactones) is 1. The smallest absolute Gasteiger partial charge is 0.315 e. The molecule has 3 unspecified atom stereocenters. The van der Waals surface area contributed by atoms with Gasteiger partial charge in [0, 0.05) is 0 Å². The molecule has 0 spiro atoms. The van der Waals surface area contributed by atoms with E-state index >= 15 is 0 Å². The van der Waals surface area contributed by atoms with Crippen molar-refractivity contribution >= 4 is 5.97 Å². The molecule has 1 fully saturated rings. The summed E-state index contributed by atoms with van der Waals surface area (Å²) in [6.07, 6.45) is -0.654. The van der Waals surface area contributed by atoms with Gasteiger partial charge in [0.2, 0.25) is 0 Å². The molecule has 1 saturated heterocycles. The number of aliphatic hydroxyl groups excluding tert-OH is 1. The van der Waals surface area contributed by atoms with Crippen LogP contribution >= 0.6 is 0 Å². The monoisotopic (exact) mass is 186 g/mol. The highest BCUT2D eigenvalue weighted by molar-refractivity contribution is 5.79. The lowest BCUT2D eigenvalue weighted by molar-refractivity contribution is -0.204. The second-order valence-corrected chi connectivity index (χ2v) is 4.41. The third-order valence-electron chi connectivity index (χ3n) is 2.59. The molecule has 3 nitrogen and oxygen atoms in total. The van der Waals surface area contributed by atoms with E-state index in [1.807, 2.05) is 27.7 Å². The summed E-state index contributed by atoms with van der Waals surface area (Å²) in [7, 11) is 0. The molecule has 0 aliphatic carbocycles. The van der Waals surface area contributed by atoms with Crippen molar-refractivity contribution in [3.05, 3.63) is 0 Å². The second-order valence-electron chi connectivity index (χ2n) is 4.41. The molecule has 76 valence electrons. The van der Waals surface area contributed by atoms with Crippen LogP contribution in [0, 0.1) is 17.8 Å². The van der Waals surface area contributed by atoms with Crippen LogP contribution in [0.15, 0.2) is 0 Å². The number of hydrogen-bond donors (Lipinski definition) is 1. The fourth-order valence-electron chi connectivity index (χ4n) is 1.65. The van der Waals surface area contributed by atoms with Gasteiger partial charge in [-0.25, -0.2) is 0 Å². The van der Waals surface area contributed by atoms with Crippen molar-refractivity contribution in [2.24, 2.45) is 17.8 Å². The number of rotatable bonds is 3. The van der Waals surface area contributed by atoms with Crippen molar-refractivity contribution in [2.45, 2.75) is 39.9 Å². The Bertz CT molecular complexity index is 188. The Morgan fingerprint density at radius 1 is 1.31 bits per heavy atom. The van der Waals surface area contributed by atoms with Gasteiger partial charge < -0.3 is 9.84 Å². The van der Waals surface area contributed by atoms with Crippen LogP contribution in [0.4, 0.5) is 0 Å². The van der Waals surface area contributed by atoms with Gasteiger partial charge in [-0.3, -0.25) is 4.79 Å². The molecular formula is C10H18O3. The predicted octanol–water partition coefficient (Wildman–Crippen LogP) is 1.20. The zero-order chi connectivity index (χ0) is 10.2. The van der Waals surface area contributed by atoms with E-state index in [1.165, 1.54) is 0 Å². The van der Waals surface area contributed by atoms with Gasteiger partial charge in [-0.1, -0.05) is 27.7 Å². The van der Waals surface area contributed by atoms with Crippen LogP contribution in [-0.2, 0) is 9.53 Å². The Kier molecular flexibility index (Phi) is 2.96. The Morgan fingerprint density at radius 2 is 1.85 bits per heavy atom. The minimum absolute atomic E-state index is 0.0927. The zero-order valence-corrected chi connectivity index (χ0v) is 8.65. The molecule has 0 aromatic heterocycles. The summed E-state index contributed by atoms with van der Waals surface area (Å²) < 4.78 is 4.99. The SMILES string of the molecule is CC(C)C(O)C1C(=O)OC1C(C)C. The first-order valence-electron chi connectivity index (χ1n) is 4.83. The lowest BCUT2D eigenvalue weighted by Gasteiger charge is -2.41. The minimum Gasteiger partial charge on any atom is -0.461 e. The average Bonchev–Trinajstić information content (AvgIpc) is 1.99. The van der Waals surface area contributed by atoms with Gasteiger partial charge in [0.1, 0.15) is 12.0 Å². The molecule has 0 aromatic rings. The second kappa shape index (κ2) is 3.66. The predicted molar refractivity (Wildman–Crippen MR) is 49.1 cm³/mol. The highest BCUT2D eigenvalue weighted by atomic mass is 16.6. The summed E-state index contributed by atoms with van der Waals surface area (Å²) in [5.41, 5.74) is 0. The lowest BCUT2D eigenvalue weighted by atomic mass is 9.80. The summed E-state index contributed by atoms with van der Waals surface area (Å²) in [5, 5.41) is 9.74. The van der Waals surface area contributed by atoms with E-state index in [0.717, 1.165) is 0 Å². The first kappa shape index (κ1) is 10.5. The normalized spacial score (nSPS) is 30.2. The van der Waals surface area contributed by atoms with Crippen LogP contribution in [0.25, 0.3) is 0 Å². The third-order valence-corrected chi connectivity index (χ3v) is 2.59. The van der Waals surface area contributed by atoms with Gasteiger partial charge in [0.05, 0.1) is 6.10 Å². The minimum atomic E-state index is -0.561. The standard InChI is InChI=1S/C10H18O3/c1-5(2)8(11)7-9(6(3)4)13-10(7)12/h5-9,11H,1-4H3. The van der Waals surface area contributed by atoms with E-state index in [-0.39, 0.29) is 29.8 Å². The number of carbonyl (C=O) groups excluding carboxylic acids is 1. The number of hydrogen-bond acceptors (Lipinski definition) is 3.